The van der Waals surface area contributed by atoms with Crippen LogP contribution in [0, 0.1) is 22.0 Å². The molecule has 4 atom stereocenters. The van der Waals surface area contributed by atoms with Crippen molar-refractivity contribution in [2.45, 2.75) is 14.1 Å². The van der Waals surface area contributed by atoms with E-state index in [0.29, 0.717) is 15.6 Å². The van der Waals surface area contributed by atoms with E-state index in [1.165, 1.54) is 24.3 Å². The third kappa shape index (κ3) is 4.82. The van der Waals surface area contributed by atoms with E-state index >= 15 is 0 Å². The third-order valence-electron chi connectivity index (χ3n) is 8.38. The van der Waals surface area contributed by atoms with Gasteiger partial charge in [-0.3, -0.25) is 29.3 Å². The molecule has 2 bridgehead atoms. The second-order valence-corrected chi connectivity index (χ2v) is 14.2. The van der Waals surface area contributed by atoms with Gasteiger partial charge in [0.2, 0.25) is 0 Å². The molecule has 1 aliphatic heterocycles. The molecule has 0 unspecified atom stereocenters. The van der Waals surface area contributed by atoms with Crippen molar-refractivity contribution in [1.29, 1.82) is 0 Å². The van der Waals surface area contributed by atoms with Crippen LogP contribution in [-0.2, 0) is 9.59 Å². The van der Waals surface area contributed by atoms with Crippen LogP contribution in [0.1, 0.15) is 31.1 Å². The number of esters is 1. The van der Waals surface area contributed by atoms with Crippen LogP contribution < -0.4 is 4.74 Å². The number of nitro groups is 1. The molecule has 0 spiro atoms. The Kier molecular flexibility index (Phi) is 8.55. The predicted molar refractivity (Wildman–Crippen MR) is 175 cm³/mol. The van der Waals surface area contributed by atoms with Crippen molar-refractivity contribution in [3.05, 3.63) is 116 Å². The summed E-state index contributed by atoms with van der Waals surface area (Å²) in [5.41, 5.74) is -0.249. The summed E-state index contributed by atoms with van der Waals surface area (Å²) in [5.74, 6) is -7.73. The molecule has 0 aromatic heterocycles. The number of halogens is 6. The molecule has 1 saturated heterocycles. The van der Waals surface area contributed by atoms with Gasteiger partial charge in [-0.05, 0) is 48.5 Å². The fourth-order valence-electron chi connectivity index (χ4n) is 6.00. The molecule has 0 N–H and O–H groups in total. The molecular formula is C31H17Cl6N3O8. The van der Waals surface area contributed by atoms with Crippen LogP contribution in [-0.4, -0.2) is 65.0 Å². The number of amides is 3. The lowest BCUT2D eigenvalue weighted by atomic mass is 9.84. The van der Waals surface area contributed by atoms with Gasteiger partial charge < -0.3 is 4.74 Å². The number of alkyl halides is 4. The Bertz CT molecular complexity index is 1910. The zero-order valence-electron chi connectivity index (χ0n) is 23.7. The minimum atomic E-state index is -2.24. The molecule has 3 aromatic carbocycles. The number of nitrogens with zero attached hydrogens (tertiary/aromatic N) is 3. The Morgan fingerprint density at radius 3 is 1.77 bits per heavy atom. The van der Waals surface area contributed by atoms with Crippen LogP contribution in [0.3, 0.4) is 0 Å². The normalized spacial score (nSPS) is 25.2. The summed E-state index contributed by atoms with van der Waals surface area (Å²) >= 11 is 39.5. The number of Topliss-reactive ketones (excluding diaryl/α,β-unsaturated/α-hetero) is 1. The summed E-state index contributed by atoms with van der Waals surface area (Å²) in [4.78, 5) is 74.2. The predicted octanol–water partition coefficient (Wildman–Crippen LogP) is 6.50. The van der Waals surface area contributed by atoms with Crippen molar-refractivity contribution in [3.8, 4) is 5.75 Å². The summed E-state index contributed by atoms with van der Waals surface area (Å²) in [5, 5.41) is 11.5. The lowest BCUT2D eigenvalue weighted by Crippen LogP contribution is -2.56. The SMILES string of the molecule is O=C(CN(C(=O)c1ccc([N+](=O)[O-])cc1)N1C(=O)[C@@H]2[C@@H](C1=O)[C@@]1(Cl)C(Cl)=C(Cl)[C@@]2(Cl)C1(Cl)Cl)c1ccc(OC(=O)c2ccccc2)cc1. The number of ether oxygens (including phenoxy) is 1. The molecule has 11 nitrogen and oxygen atoms in total. The topological polar surface area (TPSA) is 144 Å². The van der Waals surface area contributed by atoms with Crippen LogP contribution in [0.2, 0.25) is 0 Å². The number of benzene rings is 3. The number of nitro benzene ring substituents is 1. The number of non-ortho nitro benzene ring substituents is 1. The monoisotopic (exact) mass is 769 g/mol. The molecule has 2 fully saturated rings. The van der Waals surface area contributed by atoms with E-state index < -0.39 is 66.9 Å². The van der Waals surface area contributed by atoms with Crippen molar-refractivity contribution < 1.29 is 33.6 Å². The van der Waals surface area contributed by atoms with Gasteiger partial charge in [0.1, 0.15) is 22.0 Å². The fraction of sp³-hybridized carbons (Fsp3) is 0.194. The molecular weight excluding hydrogens is 755 g/mol. The summed E-state index contributed by atoms with van der Waals surface area (Å²) < 4.78 is 3.10. The zero-order valence-corrected chi connectivity index (χ0v) is 28.3. The van der Waals surface area contributed by atoms with Gasteiger partial charge in [-0.15, -0.1) is 23.2 Å². The molecule has 3 aliphatic rings. The number of hydrazine groups is 1. The van der Waals surface area contributed by atoms with Crippen LogP contribution in [0.25, 0.3) is 0 Å². The van der Waals surface area contributed by atoms with Gasteiger partial charge in [0.05, 0.1) is 32.4 Å². The van der Waals surface area contributed by atoms with E-state index in [9.17, 15) is 34.1 Å². The highest BCUT2D eigenvalue weighted by atomic mass is 35.5. The minimum Gasteiger partial charge on any atom is -0.423 e. The third-order valence-corrected chi connectivity index (χ3v) is 12.6. The number of imide groups is 1. The van der Waals surface area contributed by atoms with E-state index in [1.807, 2.05) is 0 Å². The van der Waals surface area contributed by atoms with Gasteiger partial charge in [0.15, 0.2) is 10.1 Å². The number of carbonyl (C=O) groups is 5. The number of hydrogen-bond acceptors (Lipinski definition) is 8. The number of carbonyl (C=O) groups excluding carboxylic acids is 5. The standard InChI is InChI=1S/C31H17Cl6N3O8/c32-23-24(33)30(35)22-21(29(23,34)31(30,36)37)26(43)39(27(22)44)38(25(42)16-6-10-18(11-7-16)40(46)47)14-20(41)15-8-12-19(13-9-15)48-28(45)17-4-2-1-3-5-17/h1-13,21-22H,14H2/t21-,22-,29+,30+/m0/s1. The molecule has 3 amide bonds. The Hall–Kier alpha value is -3.71. The highest BCUT2D eigenvalue weighted by Gasteiger charge is 2.88. The van der Waals surface area contributed by atoms with Crippen LogP contribution in [0.15, 0.2) is 88.9 Å². The van der Waals surface area contributed by atoms with Crippen LogP contribution >= 0.6 is 69.6 Å². The highest BCUT2D eigenvalue weighted by molar-refractivity contribution is 6.66. The van der Waals surface area contributed by atoms with Crippen molar-refractivity contribution in [1.82, 2.24) is 10.0 Å². The van der Waals surface area contributed by atoms with E-state index in [4.69, 9.17) is 74.3 Å². The molecule has 3 aromatic rings. The van der Waals surface area contributed by atoms with Crippen molar-refractivity contribution in [3.63, 3.8) is 0 Å². The Morgan fingerprint density at radius 1 is 0.771 bits per heavy atom. The van der Waals surface area contributed by atoms with Gasteiger partial charge in [-0.25, -0.2) is 9.80 Å². The Morgan fingerprint density at radius 2 is 1.27 bits per heavy atom. The zero-order chi connectivity index (χ0) is 34.9. The number of hydrogen-bond donors (Lipinski definition) is 0. The number of allylic oxidation sites excluding steroid dienone is 2. The van der Waals surface area contributed by atoms with Crippen LogP contribution in [0.4, 0.5) is 5.69 Å². The minimum absolute atomic E-state index is 0.00582. The highest BCUT2D eigenvalue weighted by Crippen LogP contribution is 2.77. The molecule has 2 aliphatic carbocycles. The average Bonchev–Trinajstić information content (AvgIpc) is 3.46. The molecule has 1 heterocycles. The van der Waals surface area contributed by atoms with Gasteiger partial charge >= 0.3 is 5.97 Å². The van der Waals surface area contributed by atoms with E-state index in [0.717, 1.165) is 24.3 Å². The molecule has 17 heteroatoms. The number of rotatable bonds is 8. The summed E-state index contributed by atoms with van der Waals surface area (Å²) in [7, 11) is 0. The van der Waals surface area contributed by atoms with Crippen LogP contribution in [0.5, 0.6) is 5.75 Å². The first-order valence-corrected chi connectivity index (χ1v) is 16.0. The second kappa shape index (κ2) is 12.0. The van der Waals surface area contributed by atoms with Crippen molar-refractivity contribution in [2.75, 3.05) is 6.54 Å². The maximum Gasteiger partial charge on any atom is 0.343 e. The summed E-state index contributed by atoms with van der Waals surface area (Å²) in [6.45, 7) is -0.887. The largest absolute Gasteiger partial charge is 0.423 e. The fourth-order valence-corrected chi connectivity index (χ4v) is 8.93. The van der Waals surface area contributed by atoms with E-state index in [1.54, 1.807) is 30.3 Å². The van der Waals surface area contributed by atoms with Gasteiger partial charge in [0.25, 0.3) is 23.4 Å². The average molecular weight is 772 g/mol. The lowest BCUT2D eigenvalue weighted by Gasteiger charge is -2.36. The molecule has 0 radical (unpaired) electrons. The number of fused-ring (bicyclic) bond motifs is 5. The summed E-state index contributed by atoms with van der Waals surface area (Å²) in [6.07, 6.45) is 0. The molecule has 246 valence electrons. The maximum absolute atomic E-state index is 14.1. The first kappa shape index (κ1) is 34.2. The molecule has 48 heavy (non-hydrogen) atoms. The Labute approximate surface area is 300 Å². The smallest absolute Gasteiger partial charge is 0.343 e. The first-order valence-electron chi connectivity index (χ1n) is 13.7. The first-order chi connectivity index (χ1) is 22.6. The van der Waals surface area contributed by atoms with Crippen molar-refractivity contribution in [2.24, 2.45) is 11.8 Å². The van der Waals surface area contributed by atoms with Gasteiger partial charge in [-0.2, -0.15) is 5.01 Å². The lowest BCUT2D eigenvalue weighted by molar-refractivity contribution is -0.384. The van der Waals surface area contributed by atoms with Crippen molar-refractivity contribution >= 4 is 105 Å². The number of ketones is 1. The maximum atomic E-state index is 14.1. The van der Waals surface area contributed by atoms with E-state index in [-0.39, 0.29) is 32.6 Å². The summed E-state index contributed by atoms with van der Waals surface area (Å²) in [6, 6.07) is 17.7. The molecule has 6 rings (SSSR count). The van der Waals surface area contributed by atoms with Gasteiger partial charge in [-0.1, -0.05) is 64.6 Å². The van der Waals surface area contributed by atoms with E-state index in [2.05, 4.69) is 0 Å². The quantitative estimate of drug-likeness (QED) is 0.0480. The second-order valence-electron chi connectivity index (χ2n) is 10.9. The Balaban J connectivity index is 1.33. The van der Waals surface area contributed by atoms with Gasteiger partial charge in [0, 0.05) is 23.3 Å². The molecule has 1 saturated carbocycles.